The normalized spacial score (nSPS) is 16.6. The fourth-order valence-electron chi connectivity index (χ4n) is 4.23. The molecule has 2 N–H and O–H groups in total. The molecule has 1 unspecified atom stereocenters. The van der Waals surface area contributed by atoms with E-state index >= 15 is 0 Å². The quantitative estimate of drug-likeness (QED) is 0.462. The minimum Gasteiger partial charge on any atom is -0.493 e. The fraction of sp³-hybridized carbons (Fsp3) is 0.407. The van der Waals surface area contributed by atoms with Crippen molar-refractivity contribution in [3.63, 3.8) is 0 Å². The third-order valence-electron chi connectivity index (χ3n) is 6.11. The van der Waals surface area contributed by atoms with E-state index < -0.39 is 17.1 Å². The van der Waals surface area contributed by atoms with Crippen LogP contribution in [0.4, 0.5) is 22.2 Å². The predicted octanol–water partition coefficient (Wildman–Crippen LogP) is 4.31. The van der Waals surface area contributed by atoms with Crippen LogP contribution in [-0.4, -0.2) is 66.2 Å². The van der Waals surface area contributed by atoms with Gasteiger partial charge in [0.25, 0.3) is 0 Å². The maximum absolute atomic E-state index is 12.9. The highest BCUT2D eigenvalue weighted by atomic mass is 16.6. The van der Waals surface area contributed by atoms with Crippen molar-refractivity contribution in [2.75, 3.05) is 44.7 Å². The largest absolute Gasteiger partial charge is 0.493 e. The molecule has 1 aliphatic rings. The molecule has 3 aromatic rings. The van der Waals surface area contributed by atoms with E-state index in [1.165, 1.54) is 4.90 Å². The summed E-state index contributed by atoms with van der Waals surface area (Å²) in [7, 11) is 4.63. The van der Waals surface area contributed by atoms with Gasteiger partial charge in [-0.05, 0) is 32.9 Å². The van der Waals surface area contributed by atoms with Crippen LogP contribution in [0.1, 0.15) is 33.3 Å². The monoisotopic (exact) mass is 523 g/mol. The molecule has 0 fully saturated rings. The van der Waals surface area contributed by atoms with Crippen molar-refractivity contribution < 1.29 is 28.8 Å². The summed E-state index contributed by atoms with van der Waals surface area (Å²) in [6.07, 6.45) is 2.77. The average molecular weight is 524 g/mol. The molecule has 1 amide bonds. The highest BCUT2D eigenvalue weighted by Gasteiger charge is 2.43. The number of pyridine rings is 1. The number of fused-ring (bicyclic) bond motifs is 1. The molecule has 1 atom stereocenters. The van der Waals surface area contributed by atoms with Crippen molar-refractivity contribution in [3.05, 3.63) is 42.2 Å². The molecule has 0 saturated heterocycles. The Balaban J connectivity index is 1.66. The third-order valence-corrected chi connectivity index (χ3v) is 6.11. The zero-order valence-corrected chi connectivity index (χ0v) is 22.7. The van der Waals surface area contributed by atoms with Crippen molar-refractivity contribution in [2.24, 2.45) is 0 Å². The Labute approximate surface area is 221 Å². The number of nitrogens with zero attached hydrogens (tertiary/aromatic N) is 4. The van der Waals surface area contributed by atoms with Crippen LogP contribution in [0, 0.1) is 0 Å². The van der Waals surface area contributed by atoms with Crippen molar-refractivity contribution in [1.82, 2.24) is 15.0 Å². The lowest BCUT2D eigenvalue weighted by Crippen LogP contribution is -2.40. The molecular formula is C27H33N5O6. The first-order chi connectivity index (χ1) is 18.0. The summed E-state index contributed by atoms with van der Waals surface area (Å²) in [6.45, 7) is 7.40. The second-order valence-electron chi connectivity index (χ2n) is 10.2. The van der Waals surface area contributed by atoms with Crippen LogP contribution in [0.3, 0.4) is 0 Å². The van der Waals surface area contributed by atoms with Gasteiger partial charge in [0.1, 0.15) is 11.4 Å². The van der Waals surface area contributed by atoms with E-state index in [-0.39, 0.29) is 13.2 Å². The van der Waals surface area contributed by atoms with Gasteiger partial charge in [0, 0.05) is 53.3 Å². The first-order valence-corrected chi connectivity index (χ1v) is 12.0. The number of hydrogen-bond donors (Lipinski definition) is 2. The first kappa shape index (κ1) is 26.9. The number of amides is 1. The fourth-order valence-corrected chi connectivity index (χ4v) is 4.23. The molecule has 38 heavy (non-hydrogen) atoms. The predicted molar refractivity (Wildman–Crippen MR) is 143 cm³/mol. The van der Waals surface area contributed by atoms with Gasteiger partial charge in [0.15, 0.2) is 11.5 Å². The third kappa shape index (κ3) is 5.28. The van der Waals surface area contributed by atoms with Crippen molar-refractivity contribution in [3.8, 4) is 28.5 Å². The second kappa shape index (κ2) is 10.3. The minimum absolute atomic E-state index is 0.165. The second-order valence-corrected chi connectivity index (χ2v) is 10.2. The number of nitrogens with one attached hydrogen (secondary N) is 1. The number of hydrogen-bond acceptors (Lipinski definition) is 10. The zero-order chi connectivity index (χ0) is 27.7. The van der Waals surface area contributed by atoms with E-state index in [0.29, 0.717) is 46.0 Å². The maximum Gasteiger partial charge on any atom is 0.416 e. The molecule has 0 bridgehead atoms. The van der Waals surface area contributed by atoms with Gasteiger partial charge in [-0.1, -0.05) is 6.92 Å². The molecule has 2 aromatic heterocycles. The summed E-state index contributed by atoms with van der Waals surface area (Å²) >= 11 is 0. The van der Waals surface area contributed by atoms with Crippen LogP contribution in [0.5, 0.6) is 17.2 Å². The van der Waals surface area contributed by atoms with Crippen LogP contribution in [-0.2, 0) is 10.2 Å². The number of methoxy groups -OCH3 is 3. The molecule has 3 heterocycles. The lowest BCUT2D eigenvalue weighted by Gasteiger charge is -2.26. The topological polar surface area (TPSA) is 128 Å². The molecule has 0 radical (unpaired) electrons. The van der Waals surface area contributed by atoms with Gasteiger partial charge in [-0.25, -0.2) is 19.7 Å². The Morgan fingerprint density at radius 1 is 1.11 bits per heavy atom. The van der Waals surface area contributed by atoms with Crippen LogP contribution < -0.4 is 24.4 Å². The standard InChI is InChI=1S/C27H33N5O6/c1-26(2,3)38-25(34)32-14-27(4,15-33)18-10-16(13-29-23(18)32)19-8-9-28-24(31-19)30-17-11-20(35-5)22(37-7)21(12-17)36-6/h8-13,33H,14-15H2,1-7H3,(H,28,30,31). The molecule has 4 rings (SSSR count). The van der Waals surface area contributed by atoms with Crippen LogP contribution in [0.15, 0.2) is 36.7 Å². The molecule has 0 saturated carbocycles. The summed E-state index contributed by atoms with van der Waals surface area (Å²) in [5, 5.41) is 13.4. The van der Waals surface area contributed by atoms with Gasteiger partial charge >= 0.3 is 6.09 Å². The van der Waals surface area contributed by atoms with Gasteiger partial charge < -0.3 is 29.4 Å². The number of aliphatic hydroxyl groups excluding tert-OH is 1. The number of rotatable bonds is 7. The molecular weight excluding hydrogens is 490 g/mol. The first-order valence-electron chi connectivity index (χ1n) is 12.0. The Morgan fingerprint density at radius 3 is 2.37 bits per heavy atom. The number of carbonyl (C=O) groups is 1. The average Bonchev–Trinajstić information content (AvgIpc) is 3.20. The Morgan fingerprint density at radius 2 is 1.79 bits per heavy atom. The molecule has 202 valence electrons. The van der Waals surface area contributed by atoms with Crippen LogP contribution in [0.25, 0.3) is 11.3 Å². The van der Waals surface area contributed by atoms with Gasteiger partial charge in [-0.15, -0.1) is 0 Å². The molecule has 0 spiro atoms. The van der Waals surface area contributed by atoms with E-state index in [4.69, 9.17) is 18.9 Å². The number of ether oxygens (including phenoxy) is 4. The minimum atomic E-state index is -0.709. The van der Waals surface area contributed by atoms with Crippen molar-refractivity contribution >= 4 is 23.5 Å². The van der Waals surface area contributed by atoms with E-state index in [0.717, 1.165) is 5.56 Å². The number of aliphatic hydroxyl groups is 1. The molecule has 1 aliphatic heterocycles. The summed E-state index contributed by atoms with van der Waals surface area (Å²) in [6, 6.07) is 7.17. The number of benzene rings is 1. The van der Waals surface area contributed by atoms with Crippen molar-refractivity contribution in [1.29, 1.82) is 0 Å². The van der Waals surface area contributed by atoms with E-state index in [9.17, 15) is 9.90 Å². The van der Waals surface area contributed by atoms with E-state index in [1.807, 2.05) is 33.8 Å². The van der Waals surface area contributed by atoms with Crippen LogP contribution >= 0.6 is 0 Å². The smallest absolute Gasteiger partial charge is 0.416 e. The Bertz CT molecular complexity index is 1320. The lowest BCUT2D eigenvalue weighted by atomic mass is 9.85. The van der Waals surface area contributed by atoms with E-state index in [1.54, 1.807) is 51.9 Å². The van der Waals surface area contributed by atoms with Gasteiger partial charge in [0.05, 0.1) is 33.6 Å². The summed E-state index contributed by atoms with van der Waals surface area (Å²) < 4.78 is 21.8. The summed E-state index contributed by atoms with van der Waals surface area (Å²) in [5.41, 5.74) is 1.34. The summed E-state index contributed by atoms with van der Waals surface area (Å²) in [4.78, 5) is 27.9. The van der Waals surface area contributed by atoms with E-state index in [2.05, 4.69) is 20.3 Å². The van der Waals surface area contributed by atoms with Crippen molar-refractivity contribution in [2.45, 2.75) is 38.7 Å². The SMILES string of the molecule is COc1cc(Nc2nccc(-c3cnc4c(c3)C(C)(CO)CN4C(=O)OC(C)(C)C)n2)cc(OC)c1OC. The van der Waals surface area contributed by atoms with Crippen LogP contribution in [0.2, 0.25) is 0 Å². The lowest BCUT2D eigenvalue weighted by molar-refractivity contribution is 0.0574. The maximum atomic E-state index is 12.9. The highest BCUT2D eigenvalue weighted by Crippen LogP contribution is 2.42. The summed E-state index contributed by atoms with van der Waals surface area (Å²) in [5.74, 6) is 2.27. The number of aromatic nitrogens is 3. The van der Waals surface area contributed by atoms with Gasteiger partial charge in [-0.3, -0.25) is 4.90 Å². The Hall–Kier alpha value is -4.12. The highest BCUT2D eigenvalue weighted by molar-refractivity contribution is 5.90. The molecule has 11 nitrogen and oxygen atoms in total. The number of anilines is 3. The van der Waals surface area contributed by atoms with Gasteiger partial charge in [-0.2, -0.15) is 0 Å². The molecule has 0 aliphatic carbocycles. The molecule has 1 aromatic carbocycles. The van der Waals surface area contributed by atoms with Gasteiger partial charge in [0.2, 0.25) is 11.7 Å². The molecule has 11 heteroatoms. The zero-order valence-electron chi connectivity index (χ0n) is 22.7. The number of carbonyl (C=O) groups excluding carboxylic acids is 1. The Kier molecular flexibility index (Phi) is 7.32.